The van der Waals surface area contributed by atoms with Crippen LogP contribution in [0, 0.1) is 24.3 Å². The molecule has 0 rings (SSSR count). The molecular formula is C4H2IN. The van der Waals surface area contributed by atoms with Crippen LogP contribution in [0.3, 0.4) is 0 Å². The molecule has 0 aliphatic heterocycles. The number of nitrogens with one attached hydrogen (secondary N) is 1. The Morgan fingerprint density at radius 2 is 2.67 bits per heavy atom. The van der Waals surface area contributed by atoms with Gasteiger partial charge in [-0.15, -0.1) is 6.42 Å². The summed E-state index contributed by atoms with van der Waals surface area (Å²) in [6.07, 6.45) is 4.74. The van der Waals surface area contributed by atoms with E-state index in [0.29, 0.717) is 0 Å². The molecule has 0 saturated carbocycles. The van der Waals surface area contributed by atoms with E-state index in [1.54, 1.807) is 22.9 Å². The maximum absolute atomic E-state index is 6.63. The average molecular weight is 193 g/mol. The molecular weight excluding hydrogens is 189 g/mol. The second-order valence-corrected chi connectivity index (χ2v) is 0.948. The molecule has 0 aliphatic rings. The zero-order valence-corrected chi connectivity index (χ0v) is 5.06. The van der Waals surface area contributed by atoms with Crippen LogP contribution in [0.15, 0.2) is 0 Å². The Morgan fingerprint density at radius 1 is 2.00 bits per heavy atom. The fourth-order valence-electron chi connectivity index (χ4n) is 0.0534. The van der Waals surface area contributed by atoms with E-state index in [4.69, 9.17) is 7.84 Å². The Morgan fingerprint density at radius 3 is 2.83 bits per heavy atom. The van der Waals surface area contributed by atoms with Crippen molar-refractivity contribution >= 4 is 22.9 Å². The minimum atomic E-state index is 0.928. The molecule has 0 amide bonds. The fourth-order valence-corrected chi connectivity index (χ4v) is 0.174. The highest BCUT2D eigenvalue weighted by molar-refractivity contribution is 14.1. The van der Waals surface area contributed by atoms with Crippen LogP contribution in [0.25, 0.3) is 0 Å². The first-order valence-corrected chi connectivity index (χ1v) is 2.15. The molecule has 6 heavy (non-hydrogen) atoms. The number of halogens is 1. The summed E-state index contributed by atoms with van der Waals surface area (Å²) < 4.78 is 7.56. The molecule has 1 nitrogen and oxygen atoms in total. The van der Waals surface area contributed by atoms with Crippen LogP contribution in [-0.4, -0.2) is 0 Å². The lowest BCUT2D eigenvalue weighted by atomic mass is 10.7. The summed E-state index contributed by atoms with van der Waals surface area (Å²) in [4.78, 5) is 0. The van der Waals surface area contributed by atoms with E-state index in [1.807, 2.05) is 0 Å². The molecule has 0 aliphatic carbocycles. The van der Waals surface area contributed by atoms with Crippen molar-refractivity contribution in [1.82, 2.24) is 3.52 Å². The predicted molar refractivity (Wildman–Crippen MR) is 33.8 cm³/mol. The monoisotopic (exact) mass is 193 g/mol. The van der Waals surface area contributed by atoms with Crippen molar-refractivity contribution in [2.45, 2.75) is 0 Å². The van der Waals surface area contributed by atoms with E-state index in [9.17, 15) is 0 Å². The first-order valence-electron chi connectivity index (χ1n) is 1.63. The van der Waals surface area contributed by atoms with Gasteiger partial charge in [-0.1, -0.05) is 0 Å². The molecule has 0 bridgehead atoms. The molecule has 0 fully saturated rings. The maximum Gasteiger partial charge on any atom is 0.183 e. The number of terminal acetylenes is 1. The van der Waals surface area contributed by atoms with E-state index in [1.165, 1.54) is 0 Å². The molecule has 0 atom stereocenters. The second kappa shape index (κ2) is 4.65. The largest absolute Gasteiger partial charge is 0.287 e. The second-order valence-electron chi connectivity index (χ2n) is 0.466. The zero-order valence-electron chi connectivity index (χ0n) is 3.90. The van der Waals surface area contributed by atoms with Gasteiger partial charge in [0, 0.05) is 12.0 Å². The van der Waals surface area contributed by atoms with Crippen LogP contribution in [0.2, 0.25) is 1.41 Å². The van der Waals surface area contributed by atoms with E-state index in [0.717, 1.165) is 3.52 Å². The van der Waals surface area contributed by atoms with Gasteiger partial charge in [-0.05, 0) is 5.92 Å². The van der Waals surface area contributed by atoms with Crippen LogP contribution in [0.4, 0.5) is 0 Å². The van der Waals surface area contributed by atoms with Crippen molar-refractivity contribution in [3.8, 4) is 24.3 Å². The third-order valence-corrected chi connectivity index (χ3v) is 0.412. The standard InChI is InChI=1S/C4H2IN/c1-2-3-4-6-5/h1,6H/i/hT. The van der Waals surface area contributed by atoms with Crippen molar-refractivity contribution in [2.75, 3.05) is 0 Å². The molecule has 1 N–H and O–H groups in total. The molecule has 0 aromatic heterocycles. The Bertz CT molecular complexity index is 136. The minimum absolute atomic E-state index is 0.928. The normalized spacial score (nSPS) is 6.33. The quantitative estimate of drug-likeness (QED) is 0.256. The number of rotatable bonds is 0. The lowest BCUT2D eigenvalue weighted by molar-refractivity contribution is 1.61. The summed E-state index contributed by atoms with van der Waals surface area (Å²) in [6, 6.07) is 2.30. The van der Waals surface area contributed by atoms with Crippen LogP contribution < -0.4 is 3.52 Å². The SMILES string of the molecule is [3H]N(I)C#CC#C. The number of hydrogen-bond acceptors (Lipinski definition) is 1. The van der Waals surface area contributed by atoms with Crippen LogP contribution in [0.5, 0.6) is 0 Å². The zero-order chi connectivity index (χ0) is 5.70. The molecule has 0 radical (unpaired) electrons. The first kappa shape index (κ1) is 3.83. The van der Waals surface area contributed by atoms with Gasteiger partial charge in [-0.3, -0.25) is 3.52 Å². The Hall–Kier alpha value is -0.350. The van der Waals surface area contributed by atoms with Gasteiger partial charge in [0.1, 0.15) is 0 Å². The molecule has 0 heterocycles. The summed E-state index contributed by atoms with van der Waals surface area (Å²) in [6.45, 7) is 0. The number of hydrogen-bond donors (Lipinski definition) is 1. The molecule has 30 valence electrons. The Kier molecular flexibility index (Phi) is 2.97. The highest BCUT2D eigenvalue weighted by atomic mass is 127. The highest BCUT2D eigenvalue weighted by Gasteiger charge is 1.47. The Balaban J connectivity index is 3.50. The van der Waals surface area contributed by atoms with E-state index in [-0.39, 0.29) is 0 Å². The molecule has 0 aromatic carbocycles. The molecule has 0 unspecified atom stereocenters. The van der Waals surface area contributed by atoms with E-state index in [2.05, 4.69) is 17.9 Å². The summed E-state index contributed by atoms with van der Waals surface area (Å²) in [5, 5.41) is 0. The molecule has 0 aromatic rings. The van der Waals surface area contributed by atoms with E-state index < -0.39 is 0 Å². The van der Waals surface area contributed by atoms with Crippen molar-refractivity contribution in [3.05, 3.63) is 0 Å². The van der Waals surface area contributed by atoms with Gasteiger partial charge in [-0.2, -0.15) is 0 Å². The third kappa shape index (κ3) is 3.65. The van der Waals surface area contributed by atoms with Crippen molar-refractivity contribution in [3.63, 3.8) is 0 Å². The molecule has 0 spiro atoms. The highest BCUT2D eigenvalue weighted by Crippen LogP contribution is 1.58. The van der Waals surface area contributed by atoms with Crippen molar-refractivity contribution < 1.29 is 1.41 Å². The van der Waals surface area contributed by atoms with Gasteiger partial charge in [0.05, 0.1) is 22.9 Å². The minimum Gasteiger partial charge on any atom is -0.287 e. The van der Waals surface area contributed by atoms with Crippen molar-refractivity contribution in [2.24, 2.45) is 0 Å². The summed E-state index contributed by atoms with van der Waals surface area (Å²) in [7, 11) is 0. The smallest absolute Gasteiger partial charge is 0.183 e. The average Bonchev–Trinajstić information content (AvgIpc) is 1.61. The lowest BCUT2D eigenvalue weighted by Gasteiger charge is -1.64. The summed E-state index contributed by atoms with van der Waals surface area (Å²) >= 11 is 1.70. The van der Waals surface area contributed by atoms with Gasteiger partial charge in [0.25, 0.3) is 0 Å². The van der Waals surface area contributed by atoms with Gasteiger partial charge in [-0.25, -0.2) is 0 Å². The molecule has 0 saturated heterocycles. The van der Waals surface area contributed by atoms with Gasteiger partial charge in [0.2, 0.25) is 0 Å². The van der Waals surface area contributed by atoms with Crippen LogP contribution in [0.1, 0.15) is 0 Å². The fraction of sp³-hybridized carbons (Fsp3) is 0. The van der Waals surface area contributed by atoms with Gasteiger partial charge >= 0.3 is 0 Å². The van der Waals surface area contributed by atoms with Gasteiger partial charge in [0.15, 0.2) is 1.41 Å². The first-order chi connectivity index (χ1) is 3.27. The van der Waals surface area contributed by atoms with Crippen LogP contribution >= 0.6 is 22.9 Å². The Labute approximate surface area is 52.5 Å². The summed E-state index contributed by atoms with van der Waals surface area (Å²) in [5.41, 5.74) is 0. The lowest BCUT2D eigenvalue weighted by Crippen LogP contribution is -1.76. The maximum atomic E-state index is 6.63. The topological polar surface area (TPSA) is 12.0 Å². The van der Waals surface area contributed by atoms with E-state index >= 15 is 0 Å². The third-order valence-electron chi connectivity index (χ3n) is 0.170. The van der Waals surface area contributed by atoms with Crippen LogP contribution in [-0.2, 0) is 0 Å². The summed E-state index contributed by atoms with van der Waals surface area (Å²) in [5.74, 6) is 4.33. The van der Waals surface area contributed by atoms with Gasteiger partial charge < -0.3 is 0 Å². The predicted octanol–water partition coefficient (Wildman–Crippen LogP) is 0.520. The molecule has 2 heteroatoms. The van der Waals surface area contributed by atoms with Crippen molar-refractivity contribution in [1.29, 1.82) is 0 Å².